The van der Waals surface area contributed by atoms with Crippen molar-refractivity contribution in [3.63, 3.8) is 0 Å². The van der Waals surface area contributed by atoms with Gasteiger partial charge in [0.05, 0.1) is 13.2 Å². The first kappa shape index (κ1) is 19.0. The van der Waals surface area contributed by atoms with Crippen LogP contribution in [0.5, 0.6) is 5.75 Å². The van der Waals surface area contributed by atoms with Gasteiger partial charge in [-0.2, -0.15) is 0 Å². The number of methoxy groups -OCH3 is 1. The third kappa shape index (κ3) is 5.91. The van der Waals surface area contributed by atoms with Crippen molar-refractivity contribution in [2.75, 3.05) is 13.7 Å². The van der Waals surface area contributed by atoms with Crippen molar-refractivity contribution >= 4 is 5.91 Å². The minimum Gasteiger partial charge on any atom is -0.494 e. The highest BCUT2D eigenvalue weighted by molar-refractivity contribution is 5.94. The number of benzene rings is 2. The second-order valence-corrected chi connectivity index (χ2v) is 6.09. The van der Waals surface area contributed by atoms with Crippen LogP contribution in [-0.2, 0) is 17.8 Å². The molecule has 134 valence electrons. The summed E-state index contributed by atoms with van der Waals surface area (Å²) in [5, 5.41) is 3.07. The number of nitrogens with one attached hydrogen (secondary N) is 1. The molecule has 0 heterocycles. The van der Waals surface area contributed by atoms with Crippen molar-refractivity contribution < 1.29 is 14.3 Å². The second kappa shape index (κ2) is 9.84. The molecule has 2 aromatic carbocycles. The van der Waals surface area contributed by atoms with Crippen LogP contribution in [0.2, 0.25) is 0 Å². The van der Waals surface area contributed by atoms with Gasteiger partial charge in [0.25, 0.3) is 5.91 Å². The Kier molecular flexibility index (Phi) is 7.48. The number of hydrogen-bond acceptors (Lipinski definition) is 3. The summed E-state index contributed by atoms with van der Waals surface area (Å²) in [6.45, 7) is 4.97. The highest BCUT2D eigenvalue weighted by atomic mass is 16.5. The Hall–Kier alpha value is -2.33. The molecule has 2 aromatic rings. The number of carbonyl (C=O) groups is 1. The summed E-state index contributed by atoms with van der Waals surface area (Å²) in [6, 6.07) is 15.9. The van der Waals surface area contributed by atoms with Crippen LogP contribution >= 0.6 is 0 Å². The highest BCUT2D eigenvalue weighted by Crippen LogP contribution is 2.21. The zero-order chi connectivity index (χ0) is 18.1. The lowest BCUT2D eigenvalue weighted by Gasteiger charge is -2.15. The second-order valence-electron chi connectivity index (χ2n) is 6.09. The molecule has 0 aliphatic rings. The van der Waals surface area contributed by atoms with Gasteiger partial charge < -0.3 is 14.8 Å². The molecule has 4 nitrogen and oxygen atoms in total. The zero-order valence-electron chi connectivity index (χ0n) is 15.2. The number of ether oxygens (including phenoxy) is 2. The summed E-state index contributed by atoms with van der Waals surface area (Å²) in [4.78, 5) is 12.5. The summed E-state index contributed by atoms with van der Waals surface area (Å²) in [6.07, 6.45) is 1.85. The molecule has 25 heavy (non-hydrogen) atoms. The van der Waals surface area contributed by atoms with Gasteiger partial charge in [-0.05, 0) is 50.5 Å². The van der Waals surface area contributed by atoms with Crippen molar-refractivity contribution in [3.05, 3.63) is 65.2 Å². The molecular weight excluding hydrogens is 314 g/mol. The average molecular weight is 341 g/mol. The molecule has 0 bridgehead atoms. The van der Waals surface area contributed by atoms with Crippen molar-refractivity contribution in [1.82, 2.24) is 5.32 Å². The molecular formula is C21H27NO3. The van der Waals surface area contributed by atoms with Crippen LogP contribution in [0.15, 0.2) is 48.5 Å². The summed E-state index contributed by atoms with van der Waals surface area (Å²) in [7, 11) is 1.63. The predicted molar refractivity (Wildman–Crippen MR) is 100 cm³/mol. The van der Waals surface area contributed by atoms with E-state index < -0.39 is 0 Å². The lowest BCUT2D eigenvalue weighted by Crippen LogP contribution is -2.33. The number of rotatable bonds is 9. The Morgan fingerprint density at radius 1 is 1.16 bits per heavy atom. The Labute approximate surface area is 150 Å². The van der Waals surface area contributed by atoms with E-state index in [0.717, 1.165) is 24.2 Å². The van der Waals surface area contributed by atoms with Crippen LogP contribution in [0.3, 0.4) is 0 Å². The lowest BCUT2D eigenvalue weighted by atomic mass is 10.1. The van der Waals surface area contributed by atoms with Gasteiger partial charge in [-0.15, -0.1) is 0 Å². The van der Waals surface area contributed by atoms with Crippen LogP contribution in [0, 0.1) is 0 Å². The van der Waals surface area contributed by atoms with Crippen molar-refractivity contribution in [2.45, 2.75) is 39.3 Å². The van der Waals surface area contributed by atoms with Gasteiger partial charge >= 0.3 is 0 Å². The molecule has 0 aliphatic heterocycles. The standard InChI is InChI=1S/C21H27NO3/c1-4-25-20-13-12-18(14-19(20)15-24-3)21(23)22-16(2)10-11-17-8-6-5-7-9-17/h5-9,12-14,16H,4,10-11,15H2,1-3H3,(H,22,23). The van der Waals surface area contributed by atoms with E-state index >= 15 is 0 Å². The highest BCUT2D eigenvalue weighted by Gasteiger charge is 2.13. The van der Waals surface area contributed by atoms with Crippen LogP contribution in [0.4, 0.5) is 0 Å². The number of aryl methyl sites for hydroxylation is 1. The number of amides is 1. The van der Waals surface area contributed by atoms with Gasteiger partial charge in [-0.1, -0.05) is 30.3 Å². The first-order valence-corrected chi connectivity index (χ1v) is 8.73. The fraction of sp³-hybridized carbons (Fsp3) is 0.381. The van der Waals surface area contributed by atoms with Crippen LogP contribution < -0.4 is 10.1 Å². The SMILES string of the molecule is CCOc1ccc(C(=O)NC(C)CCc2ccccc2)cc1COC. The molecule has 0 spiro atoms. The van der Waals surface area contributed by atoms with E-state index in [1.54, 1.807) is 13.2 Å². The zero-order valence-corrected chi connectivity index (χ0v) is 15.2. The van der Waals surface area contributed by atoms with Gasteiger partial charge in [0, 0.05) is 24.3 Å². The summed E-state index contributed by atoms with van der Waals surface area (Å²) in [5.41, 5.74) is 2.79. The van der Waals surface area contributed by atoms with Gasteiger partial charge in [0.2, 0.25) is 0 Å². The molecule has 0 aliphatic carbocycles. The molecule has 1 N–H and O–H groups in total. The van der Waals surface area contributed by atoms with E-state index in [1.165, 1.54) is 5.56 Å². The van der Waals surface area contributed by atoms with E-state index in [9.17, 15) is 4.79 Å². The minimum absolute atomic E-state index is 0.0686. The molecule has 0 radical (unpaired) electrons. The first-order valence-electron chi connectivity index (χ1n) is 8.73. The van der Waals surface area contributed by atoms with E-state index in [4.69, 9.17) is 9.47 Å². The third-order valence-electron chi connectivity index (χ3n) is 4.01. The Bertz CT molecular complexity index is 670. The van der Waals surface area contributed by atoms with E-state index in [0.29, 0.717) is 18.8 Å². The van der Waals surface area contributed by atoms with Gasteiger partial charge in [0.15, 0.2) is 0 Å². The van der Waals surface area contributed by atoms with Gasteiger partial charge in [-0.25, -0.2) is 0 Å². The van der Waals surface area contributed by atoms with Crippen molar-refractivity contribution in [1.29, 1.82) is 0 Å². The number of hydrogen-bond donors (Lipinski definition) is 1. The van der Waals surface area contributed by atoms with Gasteiger partial charge in [-0.3, -0.25) is 4.79 Å². The molecule has 4 heteroatoms. The van der Waals surface area contributed by atoms with Crippen LogP contribution in [0.1, 0.15) is 41.8 Å². The maximum Gasteiger partial charge on any atom is 0.251 e. The minimum atomic E-state index is -0.0686. The number of carbonyl (C=O) groups excluding carboxylic acids is 1. The largest absolute Gasteiger partial charge is 0.494 e. The first-order chi connectivity index (χ1) is 12.1. The van der Waals surface area contributed by atoms with E-state index in [2.05, 4.69) is 17.4 Å². The van der Waals surface area contributed by atoms with Crippen LogP contribution in [0.25, 0.3) is 0 Å². The molecule has 0 saturated heterocycles. The Morgan fingerprint density at radius 3 is 2.60 bits per heavy atom. The summed E-state index contributed by atoms with van der Waals surface area (Å²) in [5.74, 6) is 0.694. The summed E-state index contributed by atoms with van der Waals surface area (Å²) >= 11 is 0. The van der Waals surface area contributed by atoms with Crippen molar-refractivity contribution in [2.24, 2.45) is 0 Å². The van der Waals surface area contributed by atoms with Crippen molar-refractivity contribution in [3.8, 4) is 5.75 Å². The quantitative estimate of drug-likeness (QED) is 0.750. The maximum absolute atomic E-state index is 12.5. The smallest absolute Gasteiger partial charge is 0.251 e. The molecule has 2 rings (SSSR count). The molecule has 1 unspecified atom stereocenters. The fourth-order valence-electron chi connectivity index (χ4n) is 2.69. The fourth-order valence-corrected chi connectivity index (χ4v) is 2.69. The molecule has 0 aromatic heterocycles. The molecule has 0 saturated carbocycles. The molecule has 1 amide bonds. The Morgan fingerprint density at radius 2 is 1.92 bits per heavy atom. The van der Waals surface area contributed by atoms with Gasteiger partial charge in [0.1, 0.15) is 5.75 Å². The Balaban J connectivity index is 1.96. The third-order valence-corrected chi connectivity index (χ3v) is 4.01. The topological polar surface area (TPSA) is 47.6 Å². The normalized spacial score (nSPS) is 11.8. The van der Waals surface area contributed by atoms with E-state index in [-0.39, 0.29) is 11.9 Å². The monoisotopic (exact) mass is 341 g/mol. The summed E-state index contributed by atoms with van der Waals surface area (Å²) < 4.78 is 10.8. The van der Waals surface area contributed by atoms with Crippen LogP contribution in [-0.4, -0.2) is 25.7 Å². The average Bonchev–Trinajstić information content (AvgIpc) is 2.62. The van der Waals surface area contributed by atoms with E-state index in [1.807, 2.05) is 44.2 Å². The molecule has 1 atom stereocenters. The molecule has 0 fully saturated rings. The predicted octanol–water partition coefficient (Wildman–Crippen LogP) is 3.98. The lowest BCUT2D eigenvalue weighted by molar-refractivity contribution is 0.0938. The maximum atomic E-state index is 12.5.